The number of rotatable bonds is 5. The Morgan fingerprint density at radius 1 is 1.17 bits per heavy atom. The van der Waals surface area contributed by atoms with Crippen LogP contribution in [0.3, 0.4) is 0 Å². The van der Waals surface area contributed by atoms with Gasteiger partial charge in [0.15, 0.2) is 5.75 Å². The summed E-state index contributed by atoms with van der Waals surface area (Å²) in [6.07, 6.45) is 6.12. The number of aryl methyl sites for hydroxylation is 1. The molecule has 194 valence electrons. The van der Waals surface area contributed by atoms with Crippen LogP contribution in [-0.4, -0.2) is 68.7 Å². The van der Waals surface area contributed by atoms with E-state index < -0.39 is 11.0 Å². The first kappa shape index (κ1) is 25.8. The normalized spacial score (nSPS) is 29.0. The van der Waals surface area contributed by atoms with Gasteiger partial charge in [0.05, 0.1) is 22.1 Å². The first-order valence-electron chi connectivity index (χ1n) is 13.0. The van der Waals surface area contributed by atoms with Crippen LogP contribution in [0.15, 0.2) is 30.5 Å². The van der Waals surface area contributed by atoms with Crippen molar-refractivity contribution in [2.75, 3.05) is 26.2 Å². The first-order valence-corrected chi connectivity index (χ1v) is 13.7. The summed E-state index contributed by atoms with van der Waals surface area (Å²) >= 11 is 13.1. The van der Waals surface area contributed by atoms with Gasteiger partial charge in [0.1, 0.15) is 0 Å². The number of halogens is 2. The lowest BCUT2D eigenvalue weighted by molar-refractivity contribution is -0.137. The third-order valence-electron chi connectivity index (χ3n) is 8.94. The van der Waals surface area contributed by atoms with Crippen molar-refractivity contribution in [1.82, 2.24) is 14.8 Å². The standard InChI is InChI=1S/C28H35Cl2N3O3/c1-18-15-22(29)26(35)25(30)24(18)27-8-12-32(23(34)16-21-5-3-4-11-31-21)14-10-28(27,36)19(2)33(13-9-27)17-20-6-7-20/h3-5,11,15,19-20,35-36H,6-10,12-14,16-17H2,1-2H3. The van der Waals surface area contributed by atoms with Crippen LogP contribution in [0.1, 0.15) is 55.8 Å². The lowest BCUT2D eigenvalue weighted by Gasteiger charge is -2.58. The highest BCUT2D eigenvalue weighted by Gasteiger charge is 2.60. The molecule has 0 radical (unpaired) electrons. The lowest BCUT2D eigenvalue weighted by Crippen LogP contribution is -2.68. The topological polar surface area (TPSA) is 76.9 Å². The number of carbonyl (C=O) groups is 1. The van der Waals surface area contributed by atoms with Gasteiger partial charge >= 0.3 is 0 Å². The quantitative estimate of drug-likeness (QED) is 0.582. The van der Waals surface area contributed by atoms with Crippen molar-refractivity contribution in [3.05, 3.63) is 57.3 Å². The number of aromatic hydroxyl groups is 1. The average molecular weight is 533 g/mol. The van der Waals surface area contributed by atoms with E-state index in [4.69, 9.17) is 23.2 Å². The van der Waals surface area contributed by atoms with Crippen LogP contribution in [0, 0.1) is 12.8 Å². The van der Waals surface area contributed by atoms with Crippen LogP contribution in [0.2, 0.25) is 10.0 Å². The van der Waals surface area contributed by atoms with Gasteiger partial charge in [-0.2, -0.15) is 0 Å². The predicted molar refractivity (Wildman–Crippen MR) is 142 cm³/mol. The van der Waals surface area contributed by atoms with E-state index in [2.05, 4.69) is 16.8 Å². The van der Waals surface area contributed by atoms with Crippen LogP contribution in [0.4, 0.5) is 0 Å². The van der Waals surface area contributed by atoms with Crippen molar-refractivity contribution >= 4 is 29.1 Å². The smallest absolute Gasteiger partial charge is 0.228 e. The van der Waals surface area contributed by atoms with Crippen molar-refractivity contribution < 1.29 is 15.0 Å². The number of phenolic OH excluding ortho intramolecular Hbond substituents is 1. The van der Waals surface area contributed by atoms with E-state index in [0.29, 0.717) is 38.3 Å². The summed E-state index contributed by atoms with van der Waals surface area (Å²) in [7, 11) is 0. The van der Waals surface area contributed by atoms with E-state index in [-0.39, 0.29) is 34.2 Å². The monoisotopic (exact) mass is 531 g/mol. The maximum atomic E-state index is 13.3. The molecule has 2 N–H and O–H groups in total. The molecule has 3 atom stereocenters. The number of benzene rings is 1. The minimum absolute atomic E-state index is 0.00959. The Balaban J connectivity index is 1.53. The van der Waals surface area contributed by atoms with Gasteiger partial charge in [0.25, 0.3) is 0 Å². The van der Waals surface area contributed by atoms with Gasteiger partial charge in [-0.3, -0.25) is 14.7 Å². The number of amides is 1. The van der Waals surface area contributed by atoms with E-state index in [1.807, 2.05) is 30.0 Å². The van der Waals surface area contributed by atoms with E-state index in [1.54, 1.807) is 12.3 Å². The Bertz CT molecular complexity index is 1140. The predicted octanol–water partition coefficient (Wildman–Crippen LogP) is 4.74. The van der Waals surface area contributed by atoms with Crippen LogP contribution < -0.4 is 0 Å². The highest BCUT2D eigenvalue weighted by atomic mass is 35.5. The van der Waals surface area contributed by atoms with Gasteiger partial charge in [-0.25, -0.2) is 0 Å². The number of hydrogen-bond acceptors (Lipinski definition) is 5. The molecular weight excluding hydrogens is 497 g/mol. The van der Waals surface area contributed by atoms with Crippen molar-refractivity contribution in [2.24, 2.45) is 5.92 Å². The fraction of sp³-hybridized carbons (Fsp3) is 0.571. The second kappa shape index (κ2) is 9.79. The number of aliphatic hydroxyl groups is 1. The van der Waals surface area contributed by atoms with Crippen LogP contribution in [0.5, 0.6) is 5.75 Å². The zero-order valence-corrected chi connectivity index (χ0v) is 22.5. The number of carbonyl (C=O) groups excluding carboxylic acids is 1. The SMILES string of the molecule is Cc1cc(Cl)c(O)c(Cl)c1C12CCN(C(=O)Cc3ccccn3)CCC1(O)C(C)N(CC1CC1)CC2. The molecule has 1 aromatic carbocycles. The number of piperidine rings is 1. The maximum Gasteiger partial charge on any atom is 0.228 e. The summed E-state index contributed by atoms with van der Waals surface area (Å²) in [6, 6.07) is 7.21. The molecule has 1 aromatic heterocycles. The van der Waals surface area contributed by atoms with Gasteiger partial charge in [0.2, 0.25) is 5.91 Å². The molecule has 0 bridgehead atoms. The maximum absolute atomic E-state index is 13.3. The summed E-state index contributed by atoms with van der Waals surface area (Å²) < 4.78 is 0. The molecule has 3 heterocycles. The fourth-order valence-electron chi connectivity index (χ4n) is 6.66. The number of hydrogen-bond donors (Lipinski definition) is 2. The number of likely N-dealkylation sites (tertiary alicyclic amines) is 2. The zero-order chi connectivity index (χ0) is 25.7. The molecule has 2 aliphatic heterocycles. The van der Waals surface area contributed by atoms with Gasteiger partial charge in [0, 0.05) is 43.0 Å². The second-order valence-corrected chi connectivity index (χ2v) is 11.7. The summed E-state index contributed by atoms with van der Waals surface area (Å²) in [5.41, 5.74) is 0.524. The summed E-state index contributed by atoms with van der Waals surface area (Å²) in [6.45, 7) is 6.84. The molecule has 36 heavy (non-hydrogen) atoms. The molecule has 1 aliphatic carbocycles. The first-order chi connectivity index (χ1) is 17.2. The minimum Gasteiger partial charge on any atom is -0.505 e. The van der Waals surface area contributed by atoms with Crippen LogP contribution in [0.25, 0.3) is 0 Å². The molecular formula is C28H35Cl2N3O3. The Morgan fingerprint density at radius 3 is 2.58 bits per heavy atom. The number of phenols is 1. The summed E-state index contributed by atoms with van der Waals surface area (Å²) in [4.78, 5) is 21.9. The zero-order valence-electron chi connectivity index (χ0n) is 21.0. The number of pyridine rings is 1. The van der Waals surface area contributed by atoms with Gasteiger partial charge in [-0.15, -0.1) is 0 Å². The molecule has 3 unspecified atom stereocenters. The van der Waals surface area contributed by atoms with Crippen molar-refractivity contribution in [3.63, 3.8) is 0 Å². The van der Waals surface area contributed by atoms with Crippen molar-refractivity contribution in [2.45, 2.75) is 69.4 Å². The average Bonchev–Trinajstić information content (AvgIpc) is 3.68. The van der Waals surface area contributed by atoms with Gasteiger partial charge in [-0.1, -0.05) is 29.3 Å². The van der Waals surface area contributed by atoms with E-state index >= 15 is 0 Å². The van der Waals surface area contributed by atoms with Gasteiger partial charge < -0.3 is 15.1 Å². The fourth-order valence-corrected chi connectivity index (χ4v) is 7.40. The Morgan fingerprint density at radius 2 is 1.89 bits per heavy atom. The number of fused-ring (bicyclic) bond motifs is 1. The second-order valence-electron chi connectivity index (χ2n) is 11.0. The van der Waals surface area contributed by atoms with Crippen LogP contribution in [-0.2, 0) is 16.6 Å². The number of aromatic nitrogens is 1. The molecule has 3 aliphatic rings. The number of nitrogens with zero attached hydrogens (tertiary/aromatic N) is 3. The lowest BCUT2D eigenvalue weighted by atomic mass is 9.57. The van der Waals surface area contributed by atoms with E-state index in [1.165, 1.54) is 12.8 Å². The summed E-state index contributed by atoms with van der Waals surface area (Å²) in [5, 5.41) is 23.8. The Hall–Kier alpha value is -1.86. The van der Waals surface area contributed by atoms with Crippen LogP contribution >= 0.6 is 23.2 Å². The highest BCUT2D eigenvalue weighted by Crippen LogP contribution is 2.56. The molecule has 0 spiro atoms. The molecule has 5 rings (SSSR count). The molecule has 8 heteroatoms. The molecule has 2 saturated heterocycles. The molecule has 3 fully saturated rings. The van der Waals surface area contributed by atoms with Crippen molar-refractivity contribution in [3.8, 4) is 5.75 Å². The molecule has 1 amide bonds. The molecule has 6 nitrogen and oxygen atoms in total. The Kier molecular flexibility index (Phi) is 7.01. The Labute approximate surface area is 223 Å². The van der Waals surface area contributed by atoms with Crippen molar-refractivity contribution in [1.29, 1.82) is 0 Å². The third-order valence-corrected chi connectivity index (χ3v) is 9.59. The largest absolute Gasteiger partial charge is 0.505 e. The van der Waals surface area contributed by atoms with Gasteiger partial charge in [-0.05, 0) is 87.7 Å². The molecule has 1 saturated carbocycles. The van der Waals surface area contributed by atoms with E-state index in [9.17, 15) is 15.0 Å². The van der Waals surface area contributed by atoms with E-state index in [0.717, 1.165) is 29.9 Å². The summed E-state index contributed by atoms with van der Waals surface area (Å²) in [5.74, 6) is 0.571. The minimum atomic E-state index is -1.13. The third kappa shape index (κ3) is 4.40. The highest BCUT2D eigenvalue weighted by molar-refractivity contribution is 6.37. The molecule has 2 aromatic rings.